The average molecular weight is 231 g/mol. The van der Waals surface area contributed by atoms with Crippen LogP contribution in [0.15, 0.2) is 24.3 Å². The van der Waals surface area contributed by atoms with E-state index in [0.717, 1.165) is 0 Å². The van der Waals surface area contributed by atoms with Gasteiger partial charge in [-0.3, -0.25) is 4.79 Å². The zero-order chi connectivity index (χ0) is 10.4. The van der Waals surface area contributed by atoms with E-state index in [1.54, 1.807) is 31.4 Å². The zero-order valence-corrected chi connectivity index (χ0v) is 9.40. The van der Waals surface area contributed by atoms with Crippen molar-refractivity contribution in [2.75, 3.05) is 19.5 Å². The van der Waals surface area contributed by atoms with Gasteiger partial charge in [-0.1, -0.05) is 23.4 Å². The van der Waals surface area contributed by atoms with Gasteiger partial charge in [-0.15, -0.1) is 0 Å². The maximum Gasteiger partial charge on any atom is 0.219 e. The van der Waals surface area contributed by atoms with E-state index in [9.17, 15) is 4.79 Å². The van der Waals surface area contributed by atoms with Crippen molar-refractivity contribution in [3.05, 3.63) is 34.9 Å². The van der Waals surface area contributed by atoms with Crippen LogP contribution in [0, 0.1) is 0 Å². The molecule has 0 aliphatic carbocycles. The predicted octanol–water partition coefficient (Wildman–Crippen LogP) is 2.86. The number of hydrogen-bond acceptors (Lipinski definition) is 3. The van der Waals surface area contributed by atoms with Crippen molar-refractivity contribution in [1.82, 2.24) is 0 Å². The summed E-state index contributed by atoms with van der Waals surface area (Å²) in [5.41, 5.74) is 0.676. The third-order valence-corrected chi connectivity index (χ3v) is 2.72. The zero-order valence-electron chi connectivity index (χ0n) is 7.83. The molecule has 4 heteroatoms. The maximum absolute atomic E-state index is 11.5. The van der Waals surface area contributed by atoms with Gasteiger partial charge in [-0.25, -0.2) is 0 Å². The highest BCUT2D eigenvalue weighted by Crippen LogP contribution is 2.15. The van der Waals surface area contributed by atoms with Crippen molar-refractivity contribution < 1.29 is 9.53 Å². The minimum atomic E-state index is 0.0544. The molecule has 1 rings (SSSR count). The summed E-state index contributed by atoms with van der Waals surface area (Å²) in [6.45, 7) is 0.587. The lowest BCUT2D eigenvalue weighted by Gasteiger charge is -2.00. The molecule has 0 aliphatic heterocycles. The van der Waals surface area contributed by atoms with Crippen LogP contribution in [0.5, 0.6) is 0 Å². The molecule has 0 spiro atoms. The van der Waals surface area contributed by atoms with Gasteiger partial charge in [0.05, 0.1) is 6.61 Å². The summed E-state index contributed by atoms with van der Waals surface area (Å²) in [5.74, 6) is 0.679. The van der Waals surface area contributed by atoms with Gasteiger partial charge in [0.2, 0.25) is 5.12 Å². The topological polar surface area (TPSA) is 26.3 Å². The Kier molecular flexibility index (Phi) is 5.01. The van der Waals surface area contributed by atoms with E-state index in [1.807, 2.05) is 0 Å². The monoisotopic (exact) mass is 230 g/mol. The molecule has 0 N–H and O–H groups in total. The van der Waals surface area contributed by atoms with Crippen molar-refractivity contribution in [2.24, 2.45) is 0 Å². The number of ether oxygens (including phenoxy) is 1. The molecule has 0 atom stereocenters. The fraction of sp³-hybridized carbons (Fsp3) is 0.300. The SMILES string of the molecule is COCCSC(=O)c1ccc(Cl)cc1. The van der Waals surface area contributed by atoms with Crippen molar-refractivity contribution in [1.29, 1.82) is 0 Å². The fourth-order valence-corrected chi connectivity index (χ4v) is 1.75. The smallest absolute Gasteiger partial charge is 0.219 e. The van der Waals surface area contributed by atoms with Crippen LogP contribution >= 0.6 is 23.4 Å². The van der Waals surface area contributed by atoms with E-state index >= 15 is 0 Å². The van der Waals surface area contributed by atoms with Crippen LogP contribution in [-0.4, -0.2) is 24.6 Å². The van der Waals surface area contributed by atoms with Crippen molar-refractivity contribution in [3.63, 3.8) is 0 Å². The van der Waals surface area contributed by atoms with E-state index in [4.69, 9.17) is 16.3 Å². The molecule has 0 bridgehead atoms. The molecule has 2 nitrogen and oxygen atoms in total. The molecule has 0 aliphatic rings. The second-order valence-corrected chi connectivity index (χ2v) is 4.14. The summed E-state index contributed by atoms with van der Waals surface area (Å²) in [5, 5.41) is 0.696. The Bertz CT molecular complexity index is 297. The van der Waals surface area contributed by atoms with Crippen LogP contribution < -0.4 is 0 Å². The van der Waals surface area contributed by atoms with Crippen LogP contribution in [-0.2, 0) is 4.74 Å². The number of thioether (sulfide) groups is 1. The standard InChI is InChI=1S/C10H11ClO2S/c1-13-6-7-14-10(12)8-2-4-9(11)5-3-8/h2-5H,6-7H2,1H3. The molecule has 0 amide bonds. The van der Waals surface area contributed by atoms with Gasteiger partial charge in [-0.05, 0) is 24.3 Å². The van der Waals surface area contributed by atoms with Gasteiger partial charge in [0.25, 0.3) is 0 Å². The first-order valence-corrected chi connectivity index (χ1v) is 5.52. The Morgan fingerprint density at radius 2 is 2.07 bits per heavy atom. The fourth-order valence-electron chi connectivity index (χ4n) is 0.887. The Hall–Kier alpha value is -0.510. The molecule has 0 saturated heterocycles. The van der Waals surface area contributed by atoms with E-state index in [0.29, 0.717) is 22.9 Å². The second kappa shape index (κ2) is 6.06. The normalized spacial score (nSPS) is 10.1. The molecule has 0 fully saturated rings. The van der Waals surface area contributed by atoms with E-state index in [1.165, 1.54) is 11.8 Å². The third-order valence-electron chi connectivity index (χ3n) is 1.60. The van der Waals surface area contributed by atoms with E-state index in [-0.39, 0.29) is 5.12 Å². The Morgan fingerprint density at radius 1 is 1.43 bits per heavy atom. The highest BCUT2D eigenvalue weighted by atomic mass is 35.5. The summed E-state index contributed by atoms with van der Waals surface area (Å²) in [4.78, 5) is 11.5. The third kappa shape index (κ3) is 3.70. The van der Waals surface area contributed by atoms with Gasteiger partial charge >= 0.3 is 0 Å². The average Bonchev–Trinajstić information content (AvgIpc) is 2.19. The molecule has 0 saturated carbocycles. The Labute approximate surface area is 92.6 Å². The lowest BCUT2D eigenvalue weighted by Crippen LogP contribution is -1.98. The first-order valence-electron chi connectivity index (χ1n) is 4.15. The molecule has 14 heavy (non-hydrogen) atoms. The summed E-state index contributed by atoms with van der Waals surface area (Å²) in [7, 11) is 1.62. The molecule has 1 aromatic rings. The number of carbonyl (C=O) groups excluding carboxylic acids is 1. The van der Waals surface area contributed by atoms with E-state index in [2.05, 4.69) is 0 Å². The summed E-state index contributed by atoms with van der Waals surface area (Å²) in [6.07, 6.45) is 0. The van der Waals surface area contributed by atoms with Crippen molar-refractivity contribution in [3.8, 4) is 0 Å². The molecule has 0 radical (unpaired) electrons. The van der Waals surface area contributed by atoms with Gasteiger partial charge in [0, 0.05) is 23.4 Å². The number of halogens is 1. The number of hydrogen-bond donors (Lipinski definition) is 0. The molecule has 0 aromatic heterocycles. The minimum Gasteiger partial charge on any atom is -0.384 e. The predicted molar refractivity (Wildman–Crippen MR) is 60.1 cm³/mol. The summed E-state index contributed by atoms with van der Waals surface area (Å²) < 4.78 is 4.85. The number of carbonyl (C=O) groups is 1. The van der Waals surface area contributed by atoms with E-state index < -0.39 is 0 Å². The van der Waals surface area contributed by atoms with Gasteiger partial charge < -0.3 is 4.74 Å². The second-order valence-electron chi connectivity index (χ2n) is 2.64. The molecular formula is C10H11ClO2S. The van der Waals surface area contributed by atoms with Crippen molar-refractivity contribution in [2.45, 2.75) is 0 Å². The summed E-state index contributed by atoms with van der Waals surface area (Å²) in [6, 6.07) is 6.88. The van der Waals surface area contributed by atoms with Crippen molar-refractivity contribution >= 4 is 28.5 Å². The highest BCUT2D eigenvalue weighted by Gasteiger charge is 2.05. The maximum atomic E-state index is 11.5. The van der Waals surface area contributed by atoms with Crippen LogP contribution in [0.3, 0.4) is 0 Å². The lowest BCUT2D eigenvalue weighted by molar-refractivity contribution is 0.108. The molecule has 0 heterocycles. The Balaban J connectivity index is 2.48. The Morgan fingerprint density at radius 3 is 2.64 bits per heavy atom. The van der Waals surface area contributed by atoms with Crippen LogP contribution in [0.2, 0.25) is 5.02 Å². The van der Waals surface area contributed by atoms with Crippen LogP contribution in [0.25, 0.3) is 0 Å². The first-order chi connectivity index (χ1) is 6.74. The lowest BCUT2D eigenvalue weighted by atomic mass is 10.2. The summed E-state index contributed by atoms with van der Waals surface area (Å²) >= 11 is 6.96. The number of benzene rings is 1. The quantitative estimate of drug-likeness (QED) is 0.744. The van der Waals surface area contributed by atoms with Crippen LogP contribution in [0.4, 0.5) is 0 Å². The van der Waals surface area contributed by atoms with Crippen LogP contribution in [0.1, 0.15) is 10.4 Å². The molecule has 76 valence electrons. The molecular weight excluding hydrogens is 220 g/mol. The molecule has 0 unspecified atom stereocenters. The molecule has 1 aromatic carbocycles. The first kappa shape index (κ1) is 11.6. The largest absolute Gasteiger partial charge is 0.384 e. The number of rotatable bonds is 4. The minimum absolute atomic E-state index is 0.0544. The van der Waals surface area contributed by atoms with Gasteiger partial charge in [0.1, 0.15) is 0 Å². The van der Waals surface area contributed by atoms with Gasteiger partial charge in [0.15, 0.2) is 0 Å². The highest BCUT2D eigenvalue weighted by molar-refractivity contribution is 8.14. The van der Waals surface area contributed by atoms with Gasteiger partial charge in [-0.2, -0.15) is 0 Å². The number of methoxy groups -OCH3 is 1.